The molecule has 1 aliphatic carbocycles. The van der Waals surface area contributed by atoms with Gasteiger partial charge in [-0.15, -0.1) is 0 Å². The molecule has 1 rings (SSSR count). The molecule has 1 saturated carbocycles. The van der Waals surface area contributed by atoms with E-state index < -0.39 is 5.41 Å². The molecule has 0 bridgehead atoms. The van der Waals surface area contributed by atoms with E-state index in [0.29, 0.717) is 25.1 Å². The van der Waals surface area contributed by atoms with Crippen molar-refractivity contribution in [2.45, 2.75) is 72.8 Å². The molecular formula is C20H40N4O2. The van der Waals surface area contributed by atoms with Crippen LogP contribution in [0.5, 0.6) is 0 Å². The first kappa shape index (κ1) is 22.7. The summed E-state index contributed by atoms with van der Waals surface area (Å²) >= 11 is 0. The van der Waals surface area contributed by atoms with E-state index in [1.54, 1.807) is 0 Å². The topological polar surface area (TPSA) is 74.8 Å². The van der Waals surface area contributed by atoms with Crippen LogP contribution in [0.2, 0.25) is 0 Å². The van der Waals surface area contributed by atoms with Crippen molar-refractivity contribution in [3.05, 3.63) is 0 Å². The minimum Gasteiger partial charge on any atom is -0.378 e. The minimum atomic E-state index is -0.518. The molecule has 0 heterocycles. The van der Waals surface area contributed by atoms with Gasteiger partial charge in [0.05, 0.1) is 18.1 Å². The Bertz CT molecular complexity index is 432. The van der Waals surface area contributed by atoms with Gasteiger partial charge in [-0.3, -0.25) is 9.79 Å². The molecule has 0 spiro atoms. The lowest BCUT2D eigenvalue weighted by Crippen LogP contribution is -2.42. The van der Waals surface area contributed by atoms with Gasteiger partial charge in [0.1, 0.15) is 0 Å². The number of ether oxygens (including phenoxy) is 1. The second-order valence-electron chi connectivity index (χ2n) is 7.69. The normalized spacial score (nSPS) is 17.2. The molecule has 0 aromatic carbocycles. The highest BCUT2D eigenvalue weighted by Gasteiger charge is 2.27. The highest BCUT2D eigenvalue weighted by molar-refractivity contribution is 5.83. The smallest absolute Gasteiger partial charge is 0.227 e. The molecule has 3 N–H and O–H groups in total. The molecule has 1 aliphatic rings. The Morgan fingerprint density at radius 3 is 2.35 bits per heavy atom. The van der Waals surface area contributed by atoms with E-state index in [4.69, 9.17) is 4.74 Å². The summed E-state index contributed by atoms with van der Waals surface area (Å²) in [5, 5.41) is 9.55. The number of amides is 1. The Labute approximate surface area is 159 Å². The monoisotopic (exact) mass is 368 g/mol. The van der Waals surface area contributed by atoms with Crippen molar-refractivity contribution < 1.29 is 9.53 Å². The standard InChI is InChI=1S/C20H40N4O2/c1-6-21-18(25)20(4,5)15-24-19(22-7-2)23-14-13-17(26-8-3)16-11-9-10-12-16/h16-17H,6-15H2,1-5H3,(H,21,25)(H2,22,23,24). The second-order valence-corrected chi connectivity index (χ2v) is 7.69. The zero-order chi connectivity index (χ0) is 19.4. The first-order valence-corrected chi connectivity index (χ1v) is 10.4. The molecule has 26 heavy (non-hydrogen) atoms. The van der Waals surface area contributed by atoms with Crippen molar-refractivity contribution in [2.75, 3.05) is 32.8 Å². The average Bonchev–Trinajstić information content (AvgIpc) is 3.13. The van der Waals surface area contributed by atoms with Crippen LogP contribution in [0, 0.1) is 11.3 Å². The summed E-state index contributed by atoms with van der Waals surface area (Å²) < 4.78 is 5.99. The highest BCUT2D eigenvalue weighted by Crippen LogP contribution is 2.30. The van der Waals surface area contributed by atoms with Crippen molar-refractivity contribution in [1.29, 1.82) is 0 Å². The first-order valence-electron chi connectivity index (χ1n) is 10.4. The van der Waals surface area contributed by atoms with Crippen molar-refractivity contribution >= 4 is 11.9 Å². The summed E-state index contributed by atoms with van der Waals surface area (Å²) in [5.74, 6) is 1.51. The van der Waals surface area contributed by atoms with Gasteiger partial charge < -0.3 is 20.7 Å². The molecule has 1 unspecified atom stereocenters. The van der Waals surface area contributed by atoms with Crippen molar-refractivity contribution in [3.8, 4) is 0 Å². The average molecular weight is 369 g/mol. The van der Waals surface area contributed by atoms with Crippen LogP contribution in [0.25, 0.3) is 0 Å². The fourth-order valence-corrected chi connectivity index (χ4v) is 3.42. The second kappa shape index (κ2) is 12.2. The molecule has 0 aromatic rings. The van der Waals surface area contributed by atoms with Crippen molar-refractivity contribution in [3.63, 3.8) is 0 Å². The molecule has 1 atom stereocenters. The zero-order valence-corrected chi connectivity index (χ0v) is 17.5. The van der Waals surface area contributed by atoms with Gasteiger partial charge >= 0.3 is 0 Å². The summed E-state index contributed by atoms with van der Waals surface area (Å²) in [6.07, 6.45) is 6.58. The number of hydrogen-bond acceptors (Lipinski definition) is 3. The number of guanidine groups is 1. The van der Waals surface area contributed by atoms with Gasteiger partial charge in [-0.2, -0.15) is 0 Å². The molecule has 0 saturated heterocycles. The van der Waals surface area contributed by atoms with Crippen LogP contribution in [0.15, 0.2) is 4.99 Å². The lowest BCUT2D eigenvalue weighted by molar-refractivity contribution is -0.128. The Kier molecular flexibility index (Phi) is 10.6. The Hall–Kier alpha value is -1.30. The number of nitrogens with one attached hydrogen (secondary N) is 3. The Morgan fingerprint density at radius 1 is 1.12 bits per heavy atom. The third-order valence-electron chi connectivity index (χ3n) is 4.96. The summed E-state index contributed by atoms with van der Waals surface area (Å²) in [4.78, 5) is 16.7. The number of aliphatic imine (C=N–C) groups is 1. The maximum Gasteiger partial charge on any atom is 0.227 e. The number of nitrogens with zero attached hydrogens (tertiary/aromatic N) is 1. The SMILES string of the molecule is CCNC(=O)C(C)(C)CN=C(NCC)NCCC(OCC)C1CCCC1. The quantitative estimate of drug-likeness (QED) is 0.387. The van der Waals surface area contributed by atoms with Crippen molar-refractivity contribution in [1.82, 2.24) is 16.0 Å². The van der Waals surface area contributed by atoms with E-state index in [-0.39, 0.29) is 5.91 Å². The van der Waals surface area contributed by atoms with Crippen LogP contribution >= 0.6 is 0 Å². The van der Waals surface area contributed by atoms with Gasteiger partial charge in [-0.25, -0.2) is 0 Å². The number of carbonyl (C=O) groups is 1. The zero-order valence-electron chi connectivity index (χ0n) is 17.5. The number of carbonyl (C=O) groups excluding carboxylic acids is 1. The van der Waals surface area contributed by atoms with Gasteiger partial charge in [0.15, 0.2) is 5.96 Å². The lowest BCUT2D eigenvalue weighted by atomic mass is 9.92. The predicted molar refractivity (Wildman–Crippen MR) is 108 cm³/mol. The van der Waals surface area contributed by atoms with Gasteiger partial charge in [-0.1, -0.05) is 12.8 Å². The summed E-state index contributed by atoms with van der Waals surface area (Å²) in [5.41, 5.74) is -0.518. The van der Waals surface area contributed by atoms with Crippen LogP contribution in [-0.4, -0.2) is 50.8 Å². The fraction of sp³-hybridized carbons (Fsp3) is 0.900. The largest absolute Gasteiger partial charge is 0.378 e. The van der Waals surface area contributed by atoms with E-state index >= 15 is 0 Å². The molecule has 1 amide bonds. The van der Waals surface area contributed by atoms with E-state index in [1.165, 1.54) is 25.7 Å². The van der Waals surface area contributed by atoms with E-state index in [9.17, 15) is 4.79 Å². The van der Waals surface area contributed by atoms with E-state index in [2.05, 4.69) is 27.9 Å². The third kappa shape index (κ3) is 7.94. The van der Waals surface area contributed by atoms with Crippen LogP contribution in [0.4, 0.5) is 0 Å². The van der Waals surface area contributed by atoms with Crippen molar-refractivity contribution in [2.24, 2.45) is 16.3 Å². The number of rotatable bonds is 11. The summed E-state index contributed by atoms with van der Waals surface area (Å²) in [7, 11) is 0. The number of hydrogen-bond donors (Lipinski definition) is 3. The minimum absolute atomic E-state index is 0.0391. The van der Waals surface area contributed by atoms with Gasteiger partial charge in [0.25, 0.3) is 0 Å². The van der Waals surface area contributed by atoms with Gasteiger partial charge in [0, 0.05) is 26.2 Å². The maximum absolute atomic E-state index is 12.1. The van der Waals surface area contributed by atoms with Gasteiger partial charge in [0.2, 0.25) is 5.91 Å². The molecule has 6 heteroatoms. The third-order valence-corrected chi connectivity index (χ3v) is 4.96. The summed E-state index contributed by atoms with van der Waals surface area (Å²) in [6.45, 7) is 13.4. The Balaban J connectivity index is 2.53. The van der Waals surface area contributed by atoms with E-state index in [1.807, 2.05) is 27.7 Å². The summed E-state index contributed by atoms with van der Waals surface area (Å²) in [6, 6.07) is 0. The molecular weight excluding hydrogens is 328 g/mol. The maximum atomic E-state index is 12.1. The van der Waals surface area contributed by atoms with Gasteiger partial charge in [-0.05, 0) is 59.8 Å². The molecule has 1 fully saturated rings. The first-order chi connectivity index (χ1) is 12.4. The fourth-order valence-electron chi connectivity index (χ4n) is 3.42. The molecule has 0 radical (unpaired) electrons. The van der Waals surface area contributed by atoms with Crippen LogP contribution in [0.3, 0.4) is 0 Å². The van der Waals surface area contributed by atoms with Crippen LogP contribution < -0.4 is 16.0 Å². The highest BCUT2D eigenvalue weighted by atomic mass is 16.5. The Morgan fingerprint density at radius 2 is 1.77 bits per heavy atom. The molecule has 0 aromatic heterocycles. The molecule has 152 valence electrons. The van der Waals surface area contributed by atoms with E-state index in [0.717, 1.165) is 32.1 Å². The van der Waals surface area contributed by atoms with Crippen LogP contribution in [0.1, 0.15) is 66.7 Å². The lowest BCUT2D eigenvalue weighted by Gasteiger charge is -2.24. The predicted octanol–water partition coefficient (Wildman–Crippen LogP) is 2.69. The van der Waals surface area contributed by atoms with Crippen LogP contribution in [-0.2, 0) is 9.53 Å². The molecule has 0 aliphatic heterocycles. The molecule has 6 nitrogen and oxygen atoms in total.